The molecule has 0 radical (unpaired) electrons. The minimum atomic E-state index is -3.72. The van der Waals surface area contributed by atoms with Gasteiger partial charge < -0.3 is 35.6 Å². The van der Waals surface area contributed by atoms with E-state index in [9.17, 15) is 27.6 Å². The molecule has 0 bridgehead atoms. The van der Waals surface area contributed by atoms with Crippen LogP contribution in [0.3, 0.4) is 0 Å². The molecule has 5 amide bonds. The van der Waals surface area contributed by atoms with Crippen molar-refractivity contribution in [2.24, 2.45) is 5.92 Å². The van der Waals surface area contributed by atoms with Crippen molar-refractivity contribution >= 4 is 56.9 Å². The van der Waals surface area contributed by atoms with Crippen molar-refractivity contribution < 1.29 is 37.1 Å². The van der Waals surface area contributed by atoms with E-state index in [4.69, 9.17) is 9.47 Å². The molecule has 7 rings (SSSR count). The third-order valence-corrected chi connectivity index (χ3v) is 12.2. The molecule has 6 N–H and O–H groups in total. The highest BCUT2D eigenvalue weighted by Gasteiger charge is 2.37. The molecule has 18 heteroatoms. The Balaban J connectivity index is 0.789. The number of ether oxygens (including phenoxy) is 2. The van der Waals surface area contributed by atoms with Crippen LogP contribution in [-0.2, 0) is 50.6 Å². The van der Waals surface area contributed by atoms with Gasteiger partial charge >= 0.3 is 6.03 Å². The molecule has 17 nitrogen and oxygen atoms in total. The minimum Gasteiger partial charge on any atom is -0.494 e. The number of urea groups is 1. The summed E-state index contributed by atoms with van der Waals surface area (Å²) in [7, 11) is -3.72. The maximum Gasteiger partial charge on any atom is 0.315 e. The summed E-state index contributed by atoms with van der Waals surface area (Å²) in [6.45, 7) is 9.39. The van der Waals surface area contributed by atoms with Crippen LogP contribution in [0.25, 0.3) is 0 Å². The first-order valence-corrected chi connectivity index (χ1v) is 22.8. The van der Waals surface area contributed by atoms with Gasteiger partial charge in [0.15, 0.2) is 0 Å². The molecule has 3 heterocycles. The van der Waals surface area contributed by atoms with Crippen molar-refractivity contribution in [2.75, 3.05) is 23.8 Å². The van der Waals surface area contributed by atoms with Crippen LogP contribution in [0.15, 0.2) is 102 Å². The lowest BCUT2D eigenvalue weighted by atomic mass is 9.97. The Kier molecular flexibility index (Phi) is 14.3. The molecule has 0 saturated carbocycles. The van der Waals surface area contributed by atoms with Crippen LogP contribution in [0.4, 0.5) is 27.9 Å². The van der Waals surface area contributed by atoms with Gasteiger partial charge in [-0.25, -0.2) is 22.9 Å². The number of carbonyl (C=O) groups is 4. The lowest BCUT2D eigenvalue weighted by molar-refractivity contribution is -0.146. The molecule has 65 heavy (non-hydrogen) atoms. The average molecular weight is 904 g/mol. The summed E-state index contributed by atoms with van der Waals surface area (Å²) in [6.07, 6.45) is 2.64. The molecule has 0 unspecified atom stereocenters. The number of anilines is 4. The van der Waals surface area contributed by atoms with E-state index < -0.39 is 27.4 Å². The van der Waals surface area contributed by atoms with E-state index in [2.05, 4.69) is 41.3 Å². The predicted octanol–water partition coefficient (Wildman–Crippen LogP) is 6.09. The fourth-order valence-electron chi connectivity index (χ4n) is 7.19. The molecule has 1 fully saturated rings. The quantitative estimate of drug-likeness (QED) is 0.0355. The Morgan fingerprint density at radius 2 is 1.63 bits per heavy atom. The highest BCUT2D eigenvalue weighted by molar-refractivity contribution is 7.89. The van der Waals surface area contributed by atoms with Crippen molar-refractivity contribution in [2.45, 2.75) is 83.6 Å². The van der Waals surface area contributed by atoms with E-state index in [1.807, 2.05) is 73.7 Å². The Hall–Kier alpha value is -7.05. The van der Waals surface area contributed by atoms with Gasteiger partial charge in [0, 0.05) is 60.3 Å². The normalized spacial score (nSPS) is 14.8. The van der Waals surface area contributed by atoms with Crippen LogP contribution >= 0.6 is 0 Å². The van der Waals surface area contributed by atoms with Gasteiger partial charge in [-0.3, -0.25) is 19.7 Å². The lowest BCUT2D eigenvalue weighted by Crippen LogP contribution is -2.47. The monoisotopic (exact) mass is 903 g/mol. The molecule has 340 valence electrons. The zero-order valence-corrected chi connectivity index (χ0v) is 37.5. The molecule has 2 aliphatic heterocycles. The number of piperidine rings is 1. The zero-order chi connectivity index (χ0) is 46.1. The van der Waals surface area contributed by atoms with E-state index in [0.717, 1.165) is 33.5 Å². The summed E-state index contributed by atoms with van der Waals surface area (Å²) in [5.41, 5.74) is 5.18. The van der Waals surface area contributed by atoms with E-state index in [0.29, 0.717) is 74.8 Å². The molecular formula is C47H53N9O8S. The number of aromatic nitrogens is 2. The van der Waals surface area contributed by atoms with Gasteiger partial charge in [0.1, 0.15) is 29.8 Å². The lowest BCUT2D eigenvalue weighted by Gasteiger charge is -2.25. The van der Waals surface area contributed by atoms with Gasteiger partial charge in [0.25, 0.3) is 0 Å². The standard InChI is InChI=1S/C47H53N9O8S/c1-30-25-49-45(54-42(30)51-35-9-6-10-37(24-35)65(61,62)55-47(2,3)4)52-34-16-18-36(19-17-34)63-23-7-22-48-46(60)50-26-31-12-14-32(15-13-31)29-64-40-11-5-8-33-27-56(28-39(33)40)44(59)38-20-21-41(57)53-43(38)58/h5-6,8-19,24-25,38,55H,7,20-23,26-29H2,1-4H3,(H2,48,50,60)(H,53,57,58)(H2,49,51,52,54)/t38-/m0/s1. The first-order valence-electron chi connectivity index (χ1n) is 21.3. The summed E-state index contributed by atoms with van der Waals surface area (Å²) in [4.78, 5) is 60.2. The molecule has 4 aromatic carbocycles. The van der Waals surface area contributed by atoms with Gasteiger partial charge in [0.2, 0.25) is 33.7 Å². The smallest absolute Gasteiger partial charge is 0.315 e. The first-order chi connectivity index (χ1) is 31.1. The van der Waals surface area contributed by atoms with Crippen LogP contribution in [0.1, 0.15) is 67.9 Å². The maximum atomic E-state index is 13.1. The number of rotatable bonds is 17. The van der Waals surface area contributed by atoms with E-state index in [-0.39, 0.29) is 35.6 Å². The Labute approximate surface area is 378 Å². The number of benzene rings is 4. The second-order valence-corrected chi connectivity index (χ2v) is 18.6. The van der Waals surface area contributed by atoms with Crippen LogP contribution in [-0.4, -0.2) is 65.7 Å². The molecule has 2 aliphatic rings. The van der Waals surface area contributed by atoms with Crippen LogP contribution in [0, 0.1) is 12.8 Å². The number of sulfonamides is 1. The Bertz CT molecular complexity index is 2650. The molecule has 1 saturated heterocycles. The van der Waals surface area contributed by atoms with Crippen LogP contribution < -0.4 is 40.8 Å². The predicted molar refractivity (Wildman–Crippen MR) is 244 cm³/mol. The molecule has 0 spiro atoms. The van der Waals surface area contributed by atoms with Crippen molar-refractivity contribution in [1.29, 1.82) is 0 Å². The highest BCUT2D eigenvalue weighted by atomic mass is 32.2. The number of fused-ring (bicyclic) bond motifs is 1. The highest BCUT2D eigenvalue weighted by Crippen LogP contribution is 2.33. The van der Waals surface area contributed by atoms with E-state index in [1.54, 1.807) is 56.1 Å². The molecule has 0 aliphatic carbocycles. The average Bonchev–Trinajstić information content (AvgIpc) is 3.71. The van der Waals surface area contributed by atoms with Gasteiger partial charge in [-0.1, -0.05) is 42.5 Å². The number of nitrogens with one attached hydrogen (secondary N) is 6. The molecule has 1 atom stereocenters. The molecular weight excluding hydrogens is 851 g/mol. The number of hydrogen-bond donors (Lipinski definition) is 6. The number of nitrogens with zero attached hydrogens (tertiary/aromatic N) is 3. The van der Waals surface area contributed by atoms with Gasteiger partial charge in [-0.15, -0.1) is 0 Å². The zero-order valence-electron chi connectivity index (χ0n) is 36.7. The van der Waals surface area contributed by atoms with Gasteiger partial charge in [0.05, 0.1) is 18.0 Å². The van der Waals surface area contributed by atoms with Crippen molar-refractivity contribution in [3.05, 3.63) is 125 Å². The van der Waals surface area contributed by atoms with Gasteiger partial charge in [-0.2, -0.15) is 4.98 Å². The largest absolute Gasteiger partial charge is 0.494 e. The number of hydrogen-bond acceptors (Lipinski definition) is 12. The fourth-order valence-corrected chi connectivity index (χ4v) is 8.65. The van der Waals surface area contributed by atoms with E-state index in [1.165, 1.54) is 0 Å². The third-order valence-electron chi connectivity index (χ3n) is 10.5. The van der Waals surface area contributed by atoms with Crippen molar-refractivity contribution in [1.82, 2.24) is 35.5 Å². The topological polar surface area (TPSA) is 222 Å². The van der Waals surface area contributed by atoms with Gasteiger partial charge in [-0.05, 0) is 106 Å². The van der Waals surface area contributed by atoms with Crippen molar-refractivity contribution in [3.63, 3.8) is 0 Å². The number of aryl methyl sites for hydroxylation is 1. The fraction of sp³-hybridized carbons (Fsp3) is 0.319. The number of amides is 5. The Morgan fingerprint density at radius 1 is 0.877 bits per heavy atom. The Morgan fingerprint density at radius 3 is 2.38 bits per heavy atom. The summed E-state index contributed by atoms with van der Waals surface area (Å²) in [5.74, 6) is 0.175. The minimum absolute atomic E-state index is 0.141. The van der Waals surface area contributed by atoms with Crippen molar-refractivity contribution in [3.8, 4) is 11.5 Å². The second kappa shape index (κ2) is 20.2. The van der Waals surface area contributed by atoms with Crippen LogP contribution in [0.5, 0.6) is 11.5 Å². The summed E-state index contributed by atoms with van der Waals surface area (Å²) in [6, 6.07) is 27.0. The summed E-state index contributed by atoms with van der Waals surface area (Å²) < 4.78 is 40.4. The maximum absolute atomic E-state index is 13.1. The second-order valence-electron chi connectivity index (χ2n) is 16.9. The summed E-state index contributed by atoms with van der Waals surface area (Å²) >= 11 is 0. The first kappa shape index (κ1) is 46.0. The van der Waals surface area contributed by atoms with E-state index >= 15 is 0 Å². The summed E-state index contributed by atoms with van der Waals surface area (Å²) in [5, 5.41) is 14.4. The number of carbonyl (C=O) groups excluding carboxylic acids is 4. The molecule has 1 aromatic heterocycles. The number of imide groups is 1. The molecule has 5 aromatic rings. The van der Waals surface area contributed by atoms with Crippen LogP contribution in [0.2, 0.25) is 0 Å². The third kappa shape index (κ3) is 12.6. The SMILES string of the molecule is Cc1cnc(Nc2ccc(OCCCNC(=O)NCc3ccc(COc4cccc5c4CN(C(=O)[C@H]4CCC(=O)NC4=O)C5)cc3)cc2)nc1Nc1cccc(S(=O)(=O)NC(C)(C)C)c1.